The van der Waals surface area contributed by atoms with Gasteiger partial charge in [-0.05, 0) is 19.3 Å². The minimum Gasteiger partial charge on any atom is -0.480 e. The number of hydrogen-bond donors (Lipinski definition) is 2. The van der Waals surface area contributed by atoms with E-state index in [1.807, 2.05) is 5.32 Å². The largest absolute Gasteiger partial charge is 0.480 e. The number of alkyl halides is 3. The van der Waals surface area contributed by atoms with E-state index >= 15 is 0 Å². The van der Waals surface area contributed by atoms with Gasteiger partial charge in [0.15, 0.2) is 0 Å². The number of carbonyl (C=O) groups excluding carboxylic acids is 1. The molecular formula is C10H14F3NO3. The third-order valence-corrected chi connectivity index (χ3v) is 3.05. The van der Waals surface area contributed by atoms with Crippen LogP contribution in [-0.2, 0) is 9.59 Å². The molecule has 1 amide bonds. The zero-order valence-electron chi connectivity index (χ0n) is 9.30. The number of hydrogen-bond acceptors (Lipinski definition) is 2. The van der Waals surface area contributed by atoms with Crippen molar-refractivity contribution in [3.63, 3.8) is 0 Å². The van der Waals surface area contributed by atoms with Gasteiger partial charge in [0.2, 0.25) is 5.91 Å². The third-order valence-electron chi connectivity index (χ3n) is 3.05. The van der Waals surface area contributed by atoms with Crippen molar-refractivity contribution in [2.45, 2.75) is 44.8 Å². The van der Waals surface area contributed by atoms with Crippen LogP contribution in [-0.4, -0.2) is 29.2 Å². The van der Waals surface area contributed by atoms with E-state index in [1.54, 1.807) is 6.92 Å². The molecule has 17 heavy (non-hydrogen) atoms. The number of halogens is 3. The van der Waals surface area contributed by atoms with Crippen LogP contribution in [0.4, 0.5) is 13.2 Å². The van der Waals surface area contributed by atoms with Crippen molar-refractivity contribution >= 4 is 11.9 Å². The molecule has 98 valence electrons. The Balaban J connectivity index is 2.62. The number of carbonyl (C=O) groups is 2. The highest BCUT2D eigenvalue weighted by Gasteiger charge is 2.49. The van der Waals surface area contributed by atoms with E-state index in [9.17, 15) is 22.8 Å². The zero-order chi connectivity index (χ0) is 13.3. The van der Waals surface area contributed by atoms with Gasteiger partial charge in [-0.2, -0.15) is 13.2 Å². The highest BCUT2D eigenvalue weighted by molar-refractivity contribution is 5.89. The summed E-state index contributed by atoms with van der Waals surface area (Å²) in [7, 11) is 0. The van der Waals surface area contributed by atoms with Crippen molar-refractivity contribution in [1.82, 2.24) is 5.32 Å². The second-order valence-electron chi connectivity index (χ2n) is 4.32. The molecule has 0 radical (unpaired) electrons. The summed E-state index contributed by atoms with van der Waals surface area (Å²) in [6, 6.07) is -1.90. The van der Waals surface area contributed by atoms with Gasteiger partial charge in [-0.25, -0.2) is 4.79 Å². The van der Waals surface area contributed by atoms with E-state index in [4.69, 9.17) is 5.11 Å². The Bertz CT molecular complexity index is 323. The average molecular weight is 253 g/mol. The quantitative estimate of drug-likeness (QED) is 0.783. The van der Waals surface area contributed by atoms with Gasteiger partial charge in [-0.3, -0.25) is 4.79 Å². The van der Waals surface area contributed by atoms with Gasteiger partial charge in [0.25, 0.3) is 0 Å². The molecule has 0 heterocycles. The number of aliphatic carboxylic acids is 1. The summed E-state index contributed by atoms with van der Waals surface area (Å²) in [5.74, 6) is -2.25. The van der Waals surface area contributed by atoms with Crippen molar-refractivity contribution < 1.29 is 27.9 Å². The van der Waals surface area contributed by atoms with Gasteiger partial charge in [-0.1, -0.05) is 6.92 Å². The first-order valence-electron chi connectivity index (χ1n) is 5.31. The van der Waals surface area contributed by atoms with Crippen LogP contribution in [0.5, 0.6) is 0 Å². The van der Waals surface area contributed by atoms with E-state index in [2.05, 4.69) is 0 Å². The third kappa shape index (κ3) is 3.61. The van der Waals surface area contributed by atoms with Gasteiger partial charge >= 0.3 is 12.1 Å². The van der Waals surface area contributed by atoms with Crippen LogP contribution in [0.25, 0.3) is 0 Å². The van der Waals surface area contributed by atoms with Gasteiger partial charge in [0, 0.05) is 5.41 Å². The summed E-state index contributed by atoms with van der Waals surface area (Å²) < 4.78 is 36.3. The molecule has 1 aliphatic rings. The second-order valence-corrected chi connectivity index (χ2v) is 4.32. The summed E-state index contributed by atoms with van der Waals surface area (Å²) in [5, 5.41) is 10.6. The normalized spacial score (nSPS) is 19.5. The van der Waals surface area contributed by atoms with Crippen LogP contribution >= 0.6 is 0 Å². The number of rotatable bonds is 5. The van der Waals surface area contributed by atoms with E-state index in [-0.39, 0.29) is 0 Å². The molecule has 0 aliphatic heterocycles. The molecule has 0 spiro atoms. The summed E-state index contributed by atoms with van der Waals surface area (Å²) in [4.78, 5) is 22.3. The molecule has 1 rings (SSSR count). The van der Waals surface area contributed by atoms with Gasteiger partial charge in [0.1, 0.15) is 6.04 Å². The van der Waals surface area contributed by atoms with E-state index in [1.165, 1.54) is 0 Å². The molecule has 0 bridgehead atoms. The Kier molecular flexibility index (Phi) is 3.68. The lowest BCUT2D eigenvalue weighted by molar-refractivity contribution is -0.160. The fourth-order valence-corrected chi connectivity index (χ4v) is 1.63. The zero-order valence-corrected chi connectivity index (χ0v) is 9.30. The predicted octanol–water partition coefficient (Wildman–Crippen LogP) is 1.70. The van der Waals surface area contributed by atoms with Crippen LogP contribution in [0.2, 0.25) is 0 Å². The molecule has 1 atom stereocenters. The molecule has 2 N–H and O–H groups in total. The van der Waals surface area contributed by atoms with Crippen molar-refractivity contribution in [2.75, 3.05) is 0 Å². The molecule has 4 nitrogen and oxygen atoms in total. The van der Waals surface area contributed by atoms with E-state index in [0.29, 0.717) is 19.3 Å². The monoisotopic (exact) mass is 253 g/mol. The van der Waals surface area contributed by atoms with Crippen molar-refractivity contribution in [3.8, 4) is 0 Å². The average Bonchev–Trinajstić information content (AvgIpc) is 2.94. The fourth-order valence-electron chi connectivity index (χ4n) is 1.63. The van der Waals surface area contributed by atoms with Crippen LogP contribution in [0.1, 0.15) is 32.6 Å². The van der Waals surface area contributed by atoms with E-state index < -0.39 is 35.9 Å². The van der Waals surface area contributed by atoms with Crippen LogP contribution in [0.15, 0.2) is 0 Å². The number of amides is 1. The Labute approximate surface area is 96.2 Å². The lowest BCUT2D eigenvalue weighted by atomic mass is 10.0. The maximum absolute atomic E-state index is 12.1. The minimum absolute atomic E-state index is 0.511. The van der Waals surface area contributed by atoms with Gasteiger partial charge < -0.3 is 10.4 Å². The lowest BCUT2D eigenvalue weighted by Crippen LogP contribution is -2.46. The first-order chi connectivity index (χ1) is 7.70. The lowest BCUT2D eigenvalue weighted by Gasteiger charge is -2.19. The molecule has 0 aromatic heterocycles. The maximum atomic E-state index is 12.1. The van der Waals surface area contributed by atoms with Crippen molar-refractivity contribution in [3.05, 3.63) is 0 Å². The first kappa shape index (κ1) is 13.8. The second kappa shape index (κ2) is 4.54. The predicted molar refractivity (Wildman–Crippen MR) is 52.2 cm³/mol. The van der Waals surface area contributed by atoms with Crippen molar-refractivity contribution in [1.29, 1.82) is 0 Å². The standard InChI is InChI=1S/C10H14F3NO3/c1-2-9(3-4-9)8(17)14-6(7(15)16)5-10(11,12)13/h6H,2-5H2,1H3,(H,14,17)(H,15,16). The summed E-state index contributed by atoms with van der Waals surface area (Å²) >= 11 is 0. The number of carboxylic acid groups (broad SMARTS) is 1. The molecule has 1 unspecified atom stereocenters. The van der Waals surface area contributed by atoms with Gasteiger partial charge in [-0.15, -0.1) is 0 Å². The Morgan fingerprint density at radius 2 is 1.94 bits per heavy atom. The molecule has 1 aliphatic carbocycles. The van der Waals surface area contributed by atoms with Crippen LogP contribution in [0, 0.1) is 5.41 Å². The molecule has 0 aromatic rings. The molecular weight excluding hydrogens is 239 g/mol. The SMILES string of the molecule is CCC1(C(=O)NC(CC(F)(F)F)C(=O)O)CC1. The van der Waals surface area contributed by atoms with E-state index in [0.717, 1.165) is 0 Å². The van der Waals surface area contributed by atoms with Crippen LogP contribution in [0.3, 0.4) is 0 Å². The topological polar surface area (TPSA) is 66.4 Å². The Morgan fingerprint density at radius 1 is 1.41 bits per heavy atom. The summed E-state index contributed by atoms with van der Waals surface area (Å²) in [6.45, 7) is 1.76. The fraction of sp³-hybridized carbons (Fsp3) is 0.800. The minimum atomic E-state index is -4.61. The number of nitrogens with one attached hydrogen (secondary N) is 1. The molecule has 0 aromatic carbocycles. The van der Waals surface area contributed by atoms with Crippen LogP contribution < -0.4 is 5.32 Å². The summed E-state index contributed by atoms with van der Waals surface area (Å²) in [6.07, 6.45) is -4.44. The Morgan fingerprint density at radius 3 is 2.24 bits per heavy atom. The highest BCUT2D eigenvalue weighted by Crippen LogP contribution is 2.48. The molecule has 7 heteroatoms. The van der Waals surface area contributed by atoms with Crippen molar-refractivity contribution in [2.24, 2.45) is 5.41 Å². The Hall–Kier alpha value is -1.27. The molecule has 1 fully saturated rings. The highest BCUT2D eigenvalue weighted by atomic mass is 19.4. The smallest absolute Gasteiger partial charge is 0.391 e. The summed E-state index contributed by atoms with van der Waals surface area (Å²) in [5.41, 5.74) is -0.640. The molecule has 1 saturated carbocycles. The first-order valence-corrected chi connectivity index (χ1v) is 5.31. The maximum Gasteiger partial charge on any atom is 0.391 e. The number of carboxylic acids is 1. The van der Waals surface area contributed by atoms with Gasteiger partial charge in [0.05, 0.1) is 6.42 Å². The molecule has 0 saturated heterocycles.